The standard InChI is InChI=1S/C28H31N5O2S/c1-2-13-36(34,35)33-18-25-15-24(23-8-4-3-5-9-23)10-11-28(25)32(19-26-17-30-21-31-26)20-27(33)14-22-7-6-12-29-16-22/h3-12,15-17,21,27H,2,13-14,18-20H2,1H3,(H,30,31). The Kier molecular flexibility index (Phi) is 7.16. The van der Waals surface area contributed by atoms with Gasteiger partial charge in [0.05, 0.1) is 24.3 Å². The fourth-order valence-electron chi connectivity index (χ4n) is 4.96. The molecule has 186 valence electrons. The predicted molar refractivity (Wildman–Crippen MR) is 143 cm³/mol. The molecule has 0 bridgehead atoms. The van der Waals surface area contributed by atoms with Crippen LogP contribution < -0.4 is 4.90 Å². The van der Waals surface area contributed by atoms with E-state index in [9.17, 15) is 8.42 Å². The van der Waals surface area contributed by atoms with E-state index in [1.807, 2.05) is 49.6 Å². The van der Waals surface area contributed by atoms with Crippen LogP contribution in [-0.4, -0.2) is 46.0 Å². The number of pyridine rings is 1. The number of benzene rings is 2. The van der Waals surface area contributed by atoms with Crippen LogP contribution in [0, 0.1) is 0 Å². The van der Waals surface area contributed by atoms with Crippen LogP contribution in [0.4, 0.5) is 5.69 Å². The van der Waals surface area contributed by atoms with Gasteiger partial charge in [0, 0.05) is 43.4 Å². The van der Waals surface area contributed by atoms with Crippen LogP contribution in [0.5, 0.6) is 0 Å². The molecule has 0 spiro atoms. The molecule has 5 rings (SSSR count). The third-order valence-electron chi connectivity index (χ3n) is 6.62. The van der Waals surface area contributed by atoms with Crippen molar-refractivity contribution in [3.8, 4) is 11.1 Å². The van der Waals surface area contributed by atoms with Gasteiger partial charge in [-0.2, -0.15) is 4.31 Å². The summed E-state index contributed by atoms with van der Waals surface area (Å²) >= 11 is 0. The fraction of sp³-hybridized carbons (Fsp3) is 0.286. The summed E-state index contributed by atoms with van der Waals surface area (Å²) in [4.78, 5) is 13.9. The molecule has 0 radical (unpaired) electrons. The van der Waals surface area contributed by atoms with Crippen molar-refractivity contribution in [1.82, 2.24) is 19.3 Å². The summed E-state index contributed by atoms with van der Waals surface area (Å²) in [5, 5.41) is 0. The zero-order valence-electron chi connectivity index (χ0n) is 20.4. The molecule has 1 atom stereocenters. The number of hydrogen-bond acceptors (Lipinski definition) is 5. The van der Waals surface area contributed by atoms with Gasteiger partial charge in [0.15, 0.2) is 0 Å². The van der Waals surface area contributed by atoms with Gasteiger partial charge in [0.2, 0.25) is 10.0 Å². The molecule has 1 N–H and O–H groups in total. The second kappa shape index (κ2) is 10.6. The maximum absolute atomic E-state index is 13.6. The van der Waals surface area contributed by atoms with Gasteiger partial charge in [-0.1, -0.05) is 49.4 Å². The number of nitrogens with one attached hydrogen (secondary N) is 1. The second-order valence-electron chi connectivity index (χ2n) is 9.25. The molecule has 1 aliphatic heterocycles. The number of aromatic amines is 1. The van der Waals surface area contributed by atoms with Crippen LogP contribution in [0.1, 0.15) is 30.2 Å². The normalized spacial score (nSPS) is 16.5. The van der Waals surface area contributed by atoms with Crippen molar-refractivity contribution < 1.29 is 8.42 Å². The topological polar surface area (TPSA) is 82.2 Å². The van der Waals surface area contributed by atoms with Crippen molar-refractivity contribution in [2.45, 2.75) is 38.9 Å². The van der Waals surface area contributed by atoms with Crippen molar-refractivity contribution in [2.75, 3.05) is 17.2 Å². The predicted octanol–water partition coefficient (Wildman–Crippen LogP) is 4.65. The number of hydrogen-bond donors (Lipinski definition) is 1. The lowest BCUT2D eigenvalue weighted by atomic mass is 10.0. The van der Waals surface area contributed by atoms with Crippen molar-refractivity contribution in [3.63, 3.8) is 0 Å². The van der Waals surface area contributed by atoms with Gasteiger partial charge in [-0.15, -0.1) is 0 Å². The summed E-state index contributed by atoms with van der Waals surface area (Å²) in [5.74, 6) is 0.130. The average Bonchev–Trinajstić information content (AvgIpc) is 3.35. The molecule has 0 saturated carbocycles. The van der Waals surface area contributed by atoms with E-state index in [2.05, 4.69) is 50.2 Å². The van der Waals surface area contributed by atoms with Crippen LogP contribution >= 0.6 is 0 Å². The Hall–Kier alpha value is -3.49. The maximum Gasteiger partial charge on any atom is 0.214 e. The van der Waals surface area contributed by atoms with E-state index in [4.69, 9.17) is 0 Å². The Morgan fingerprint density at radius 1 is 1.00 bits per heavy atom. The van der Waals surface area contributed by atoms with Gasteiger partial charge in [0.25, 0.3) is 0 Å². The summed E-state index contributed by atoms with van der Waals surface area (Å²) in [6, 6.07) is 20.3. The molecule has 0 saturated heterocycles. The Balaban J connectivity index is 1.60. The van der Waals surface area contributed by atoms with Gasteiger partial charge >= 0.3 is 0 Å². The Labute approximate surface area is 212 Å². The Bertz CT molecular complexity index is 1380. The second-order valence-corrected chi connectivity index (χ2v) is 11.3. The Morgan fingerprint density at radius 2 is 1.86 bits per heavy atom. The lowest BCUT2D eigenvalue weighted by Crippen LogP contribution is -2.46. The zero-order valence-corrected chi connectivity index (χ0v) is 21.2. The molecule has 3 heterocycles. The largest absolute Gasteiger partial charge is 0.364 e. The monoisotopic (exact) mass is 501 g/mol. The summed E-state index contributed by atoms with van der Waals surface area (Å²) < 4.78 is 28.9. The number of aromatic nitrogens is 3. The lowest BCUT2D eigenvalue weighted by Gasteiger charge is -2.32. The minimum absolute atomic E-state index is 0.130. The summed E-state index contributed by atoms with van der Waals surface area (Å²) in [5.41, 5.74) is 6.25. The van der Waals surface area contributed by atoms with E-state index in [-0.39, 0.29) is 11.8 Å². The molecular weight excluding hydrogens is 470 g/mol. The number of H-pyrrole nitrogens is 1. The Morgan fingerprint density at radius 3 is 2.58 bits per heavy atom. The van der Waals surface area contributed by atoms with Crippen molar-refractivity contribution in [1.29, 1.82) is 0 Å². The molecule has 2 aromatic carbocycles. The molecule has 4 aromatic rings. The lowest BCUT2D eigenvalue weighted by molar-refractivity contribution is 0.317. The summed E-state index contributed by atoms with van der Waals surface area (Å²) in [7, 11) is -3.47. The minimum Gasteiger partial charge on any atom is -0.364 e. The van der Waals surface area contributed by atoms with Gasteiger partial charge in [0.1, 0.15) is 0 Å². The fourth-order valence-corrected chi connectivity index (χ4v) is 6.64. The first kappa shape index (κ1) is 24.2. The number of nitrogens with zero attached hydrogens (tertiary/aromatic N) is 4. The van der Waals surface area contributed by atoms with Crippen LogP contribution in [0.15, 0.2) is 85.6 Å². The number of fused-ring (bicyclic) bond motifs is 1. The first-order valence-corrected chi connectivity index (χ1v) is 13.9. The number of rotatable bonds is 8. The minimum atomic E-state index is -3.47. The highest BCUT2D eigenvalue weighted by Gasteiger charge is 2.35. The highest BCUT2D eigenvalue weighted by molar-refractivity contribution is 7.89. The molecular formula is C28H31N5O2S. The number of anilines is 1. The molecule has 0 amide bonds. The van der Waals surface area contributed by atoms with Gasteiger partial charge < -0.3 is 9.88 Å². The molecule has 1 aliphatic rings. The summed E-state index contributed by atoms with van der Waals surface area (Å²) in [6.07, 6.45) is 8.24. The van der Waals surface area contributed by atoms with Crippen molar-refractivity contribution in [2.24, 2.45) is 0 Å². The first-order chi connectivity index (χ1) is 17.5. The maximum atomic E-state index is 13.6. The van der Waals surface area contributed by atoms with Gasteiger partial charge in [-0.25, -0.2) is 13.4 Å². The average molecular weight is 502 g/mol. The molecule has 1 unspecified atom stereocenters. The van der Waals surface area contributed by atoms with Crippen LogP contribution in [0.25, 0.3) is 11.1 Å². The zero-order chi connectivity index (χ0) is 25.0. The van der Waals surface area contributed by atoms with Crippen LogP contribution in [0.3, 0.4) is 0 Å². The van der Waals surface area contributed by atoms with E-state index >= 15 is 0 Å². The SMILES string of the molecule is CCCS(=O)(=O)N1Cc2cc(-c3ccccc3)ccc2N(Cc2cnc[nH]2)CC1Cc1cccnc1. The highest BCUT2D eigenvalue weighted by atomic mass is 32.2. The highest BCUT2D eigenvalue weighted by Crippen LogP contribution is 2.34. The van der Waals surface area contributed by atoms with E-state index in [0.717, 1.165) is 33.6 Å². The van der Waals surface area contributed by atoms with Crippen molar-refractivity contribution >= 4 is 15.7 Å². The molecule has 2 aromatic heterocycles. The molecule has 36 heavy (non-hydrogen) atoms. The number of sulfonamides is 1. The first-order valence-electron chi connectivity index (χ1n) is 12.3. The van der Waals surface area contributed by atoms with E-state index in [1.54, 1.807) is 16.8 Å². The van der Waals surface area contributed by atoms with Gasteiger partial charge in [-0.05, 0) is 53.3 Å². The van der Waals surface area contributed by atoms with E-state index in [1.165, 1.54) is 0 Å². The van der Waals surface area contributed by atoms with E-state index in [0.29, 0.717) is 32.5 Å². The third-order valence-corrected chi connectivity index (χ3v) is 8.69. The van der Waals surface area contributed by atoms with Crippen LogP contribution in [0.2, 0.25) is 0 Å². The molecule has 0 aliphatic carbocycles. The van der Waals surface area contributed by atoms with Gasteiger partial charge in [-0.3, -0.25) is 4.98 Å². The number of imidazole rings is 1. The third kappa shape index (κ3) is 5.34. The smallest absolute Gasteiger partial charge is 0.214 e. The van der Waals surface area contributed by atoms with Crippen LogP contribution in [-0.2, 0) is 29.5 Å². The molecule has 7 nitrogen and oxygen atoms in total. The summed E-state index contributed by atoms with van der Waals surface area (Å²) in [6.45, 7) is 3.43. The quantitative estimate of drug-likeness (QED) is 0.380. The molecule has 0 fully saturated rings. The molecule has 8 heteroatoms. The van der Waals surface area contributed by atoms with Crippen molar-refractivity contribution in [3.05, 3.63) is 102 Å². The van der Waals surface area contributed by atoms with E-state index < -0.39 is 10.0 Å².